The van der Waals surface area contributed by atoms with Crippen LogP contribution in [0.5, 0.6) is 0 Å². The Morgan fingerprint density at radius 1 is 0.667 bits per heavy atom. The Morgan fingerprint density at radius 3 is 1.70 bits per heavy atom. The van der Waals surface area contributed by atoms with Crippen LogP contribution in [0.2, 0.25) is 0 Å². The molecule has 4 aromatic rings. The summed E-state index contributed by atoms with van der Waals surface area (Å²) in [6, 6.07) is 30.3. The van der Waals surface area contributed by atoms with Gasteiger partial charge in [0.15, 0.2) is 0 Å². The van der Waals surface area contributed by atoms with Gasteiger partial charge < -0.3 is 0 Å². The molecule has 1 saturated heterocycles. The van der Waals surface area contributed by atoms with E-state index in [9.17, 15) is 9.59 Å². The quantitative estimate of drug-likeness (QED) is 0.112. The number of hydrogen-bond acceptors (Lipinski definition) is 8. The van der Waals surface area contributed by atoms with Crippen molar-refractivity contribution in [2.75, 3.05) is 26.2 Å². The highest BCUT2D eigenvalue weighted by Gasteiger charge is 2.36. The lowest BCUT2D eigenvalue weighted by Crippen LogP contribution is -2.37. The summed E-state index contributed by atoms with van der Waals surface area (Å²) in [6.07, 6.45) is 9.33. The van der Waals surface area contributed by atoms with E-state index in [1.54, 1.807) is 36.1 Å². The van der Waals surface area contributed by atoms with Crippen molar-refractivity contribution in [3.05, 3.63) is 137 Å². The van der Waals surface area contributed by atoms with Gasteiger partial charge in [-0.25, -0.2) is 11.0 Å². The largest absolute Gasteiger partial charge is 0.297 e. The minimum Gasteiger partial charge on any atom is -0.297 e. The standard InChI is InChI=1S/C18H20N2.C18H18N2.2C3H7NO2.4C2H6/c2*1-2-7-17-14(5-1)11-15-12-20(10-8-18(15)17)13-16-6-3-4-9-19-16;2*1-2-3(5)4-6;4*1-2/h1-7,9,15,18H,8,10-13H2;1-7,9H,8,10-13H2;2*6H,2H2,1H3,(H,4,5);4*1-2H3. The second-order valence-corrected chi connectivity index (χ2v) is 13.6. The molecule has 4 N–H and O–H groups in total. The molecule has 2 aromatic heterocycles. The number of nitrogens with zero attached hydrogens (tertiary/aromatic N) is 4. The summed E-state index contributed by atoms with van der Waals surface area (Å²) in [5.41, 5.74) is 14.8. The van der Waals surface area contributed by atoms with Crippen molar-refractivity contribution in [3.63, 3.8) is 0 Å². The minimum atomic E-state index is -0.352. The zero-order valence-corrected chi connectivity index (χ0v) is 38.4. The average molecular weight is 825 g/mol. The first-order valence-electron chi connectivity index (χ1n) is 22.4. The molecule has 330 valence electrons. The topological polar surface area (TPSA) is 131 Å². The van der Waals surface area contributed by atoms with Gasteiger partial charge in [-0.15, -0.1) is 0 Å². The van der Waals surface area contributed by atoms with Crippen molar-refractivity contribution in [3.8, 4) is 0 Å². The number of hydrogen-bond donors (Lipinski definition) is 4. The van der Waals surface area contributed by atoms with Crippen LogP contribution < -0.4 is 11.0 Å². The highest BCUT2D eigenvalue weighted by Crippen LogP contribution is 2.43. The molecular weight excluding hydrogens is 749 g/mol. The summed E-state index contributed by atoms with van der Waals surface area (Å²) in [4.78, 5) is 33.6. The van der Waals surface area contributed by atoms with E-state index in [1.165, 1.54) is 65.8 Å². The van der Waals surface area contributed by atoms with E-state index in [-0.39, 0.29) is 11.8 Å². The molecule has 1 fully saturated rings. The summed E-state index contributed by atoms with van der Waals surface area (Å²) in [7, 11) is 0. The lowest BCUT2D eigenvalue weighted by molar-refractivity contribution is -0.129. The summed E-state index contributed by atoms with van der Waals surface area (Å²) in [5.74, 6) is 0.904. The Labute approximate surface area is 362 Å². The highest BCUT2D eigenvalue weighted by atomic mass is 16.5. The van der Waals surface area contributed by atoms with Gasteiger partial charge in [-0.05, 0) is 102 Å². The number of fused-ring (bicyclic) bond motifs is 5. The van der Waals surface area contributed by atoms with Crippen LogP contribution in [0.15, 0.2) is 103 Å². The van der Waals surface area contributed by atoms with Crippen molar-refractivity contribution in [1.82, 2.24) is 30.7 Å². The fourth-order valence-corrected chi connectivity index (χ4v) is 7.54. The van der Waals surface area contributed by atoms with Gasteiger partial charge in [0.05, 0.1) is 11.4 Å². The predicted molar refractivity (Wildman–Crippen MR) is 248 cm³/mol. The molecule has 2 aliphatic carbocycles. The Kier molecular flexibility index (Phi) is 28.5. The van der Waals surface area contributed by atoms with Gasteiger partial charge in [-0.1, -0.05) is 130 Å². The van der Waals surface area contributed by atoms with Gasteiger partial charge in [-0.3, -0.25) is 39.8 Å². The molecule has 8 rings (SSSR count). The van der Waals surface area contributed by atoms with E-state index in [0.29, 0.717) is 12.8 Å². The Hall–Kier alpha value is -4.74. The molecular formula is C50H76N6O4. The first kappa shape index (κ1) is 53.3. The predicted octanol–water partition coefficient (Wildman–Crippen LogP) is 10.4. The number of hydroxylamine groups is 2. The molecule has 4 heterocycles. The molecule has 2 atom stereocenters. The van der Waals surface area contributed by atoms with Gasteiger partial charge in [-0.2, -0.15) is 0 Å². The first-order chi connectivity index (χ1) is 29.4. The molecule has 10 nitrogen and oxygen atoms in total. The molecule has 60 heavy (non-hydrogen) atoms. The molecule has 0 spiro atoms. The van der Waals surface area contributed by atoms with Crippen LogP contribution in [0.1, 0.15) is 134 Å². The van der Waals surface area contributed by atoms with E-state index >= 15 is 0 Å². The van der Waals surface area contributed by atoms with Gasteiger partial charge >= 0.3 is 0 Å². The summed E-state index contributed by atoms with van der Waals surface area (Å²) >= 11 is 0. The summed E-state index contributed by atoms with van der Waals surface area (Å²) in [5, 5.41) is 15.5. The number of amides is 2. The molecule has 10 heteroatoms. The number of pyridine rings is 2. The maximum absolute atomic E-state index is 9.82. The number of nitrogens with one attached hydrogen (secondary N) is 2. The second-order valence-electron chi connectivity index (χ2n) is 13.6. The molecule has 2 unspecified atom stereocenters. The van der Waals surface area contributed by atoms with Crippen LogP contribution in [0, 0.1) is 5.92 Å². The molecule has 2 aliphatic heterocycles. The first-order valence-corrected chi connectivity index (χ1v) is 22.4. The number of likely N-dealkylation sites (tertiary alicyclic amines) is 1. The molecule has 0 bridgehead atoms. The molecule has 2 aromatic carbocycles. The van der Waals surface area contributed by atoms with Crippen molar-refractivity contribution in [2.45, 2.75) is 127 Å². The molecule has 4 aliphatic rings. The average Bonchev–Trinajstić information content (AvgIpc) is 3.90. The Balaban J connectivity index is 0.000000421. The number of carbonyl (C=O) groups excluding carboxylic acids is 2. The number of benzene rings is 2. The second kappa shape index (κ2) is 32.1. The minimum absolute atomic E-state index is 0.330. The Morgan fingerprint density at radius 2 is 1.18 bits per heavy atom. The highest BCUT2D eigenvalue weighted by molar-refractivity contribution is 5.77. The van der Waals surface area contributed by atoms with Gasteiger partial charge in [0.2, 0.25) is 11.8 Å². The van der Waals surface area contributed by atoms with Crippen molar-refractivity contribution < 1.29 is 20.0 Å². The van der Waals surface area contributed by atoms with Crippen LogP contribution >= 0.6 is 0 Å². The fraction of sp³-hybridized carbons (Fsp3) is 0.480. The number of piperidine rings is 1. The molecule has 0 saturated carbocycles. The van der Waals surface area contributed by atoms with Crippen LogP contribution in [0.3, 0.4) is 0 Å². The van der Waals surface area contributed by atoms with Crippen LogP contribution in [-0.4, -0.2) is 68.2 Å². The molecule has 0 radical (unpaired) electrons. The van der Waals surface area contributed by atoms with Crippen molar-refractivity contribution in [2.24, 2.45) is 5.92 Å². The normalized spacial score (nSPS) is 16.3. The molecule has 2 amide bonds. The van der Waals surface area contributed by atoms with E-state index in [2.05, 4.69) is 92.6 Å². The zero-order chi connectivity index (χ0) is 44.7. The lowest BCUT2D eigenvalue weighted by atomic mass is 9.86. The summed E-state index contributed by atoms with van der Waals surface area (Å²) < 4.78 is 0. The van der Waals surface area contributed by atoms with E-state index in [1.807, 2.05) is 79.9 Å². The fourth-order valence-electron chi connectivity index (χ4n) is 7.54. The van der Waals surface area contributed by atoms with E-state index in [4.69, 9.17) is 10.4 Å². The maximum Gasteiger partial charge on any atom is 0.243 e. The third-order valence-electron chi connectivity index (χ3n) is 10.1. The van der Waals surface area contributed by atoms with Gasteiger partial charge in [0.25, 0.3) is 0 Å². The smallest absolute Gasteiger partial charge is 0.243 e. The lowest BCUT2D eigenvalue weighted by Gasteiger charge is -2.35. The van der Waals surface area contributed by atoms with E-state index in [0.717, 1.165) is 44.4 Å². The Bertz CT molecular complexity index is 1740. The van der Waals surface area contributed by atoms with Gasteiger partial charge in [0.1, 0.15) is 0 Å². The SMILES string of the molecule is CC.CC.CC.CC.CCC(=O)NO.CCC(=O)NO.c1ccc(CN2CCC3=C(Cc4ccccc43)C2)nc1.c1ccc(CN2CCC3c4ccccc4CC3C2)nc1. The van der Waals surface area contributed by atoms with Crippen LogP contribution in [-0.2, 0) is 35.5 Å². The third kappa shape index (κ3) is 17.5. The maximum atomic E-state index is 9.82. The monoisotopic (exact) mass is 825 g/mol. The van der Waals surface area contributed by atoms with E-state index < -0.39 is 0 Å². The zero-order valence-electron chi connectivity index (χ0n) is 38.4. The van der Waals surface area contributed by atoms with Crippen molar-refractivity contribution >= 4 is 17.4 Å². The van der Waals surface area contributed by atoms with Crippen molar-refractivity contribution in [1.29, 1.82) is 0 Å². The third-order valence-corrected chi connectivity index (χ3v) is 10.1. The summed E-state index contributed by atoms with van der Waals surface area (Å²) in [6.45, 7) is 25.9. The number of carbonyl (C=O) groups is 2. The van der Waals surface area contributed by atoms with Crippen LogP contribution in [0.4, 0.5) is 0 Å². The van der Waals surface area contributed by atoms with Crippen LogP contribution in [0.25, 0.3) is 5.57 Å². The number of aromatic nitrogens is 2. The van der Waals surface area contributed by atoms with Gasteiger partial charge in [0, 0.05) is 58.0 Å². The number of rotatable bonds is 6.